The highest BCUT2D eigenvalue weighted by Gasteiger charge is 2.49. The van der Waals surface area contributed by atoms with E-state index in [2.05, 4.69) is 0 Å². The van der Waals surface area contributed by atoms with E-state index in [1.165, 1.54) is 6.07 Å². The lowest BCUT2D eigenvalue weighted by Crippen LogP contribution is -2.14. The Kier molecular flexibility index (Phi) is 7.34. The van der Waals surface area contributed by atoms with Crippen LogP contribution in [0.1, 0.15) is 88.2 Å². The molecule has 1 aromatic rings. The standard InChI is InChI=1S/C24H34O7/c25-16-31-24(13-14-24)10-6-4-8-18-20(27)17(15-19(26)21(18)28)7-3-1-2-5-9-23(11-12-23)22(29)30/h15-16,26-28H,1-14H2,(H,29,30). The minimum atomic E-state index is -0.673. The van der Waals surface area contributed by atoms with Gasteiger partial charge in [-0.25, -0.2) is 0 Å². The second-order valence-electron chi connectivity index (χ2n) is 9.33. The van der Waals surface area contributed by atoms with Crippen molar-refractivity contribution >= 4 is 12.4 Å². The Morgan fingerprint density at radius 1 is 0.903 bits per heavy atom. The van der Waals surface area contributed by atoms with Crippen LogP contribution in [0, 0.1) is 5.41 Å². The number of hydrogen-bond donors (Lipinski definition) is 4. The van der Waals surface area contributed by atoms with E-state index in [1.807, 2.05) is 0 Å². The summed E-state index contributed by atoms with van der Waals surface area (Å²) in [5, 5.41) is 40.1. The molecule has 2 saturated carbocycles. The molecule has 0 aromatic heterocycles. The van der Waals surface area contributed by atoms with Crippen molar-refractivity contribution in [2.45, 2.75) is 95.5 Å². The molecule has 0 spiro atoms. The highest BCUT2D eigenvalue weighted by molar-refractivity contribution is 5.77. The number of ether oxygens (including phenoxy) is 1. The number of aliphatic carboxylic acids is 1. The van der Waals surface area contributed by atoms with Crippen molar-refractivity contribution in [2.24, 2.45) is 5.41 Å². The van der Waals surface area contributed by atoms with Gasteiger partial charge in [0, 0.05) is 5.56 Å². The van der Waals surface area contributed by atoms with Gasteiger partial charge in [-0.2, -0.15) is 0 Å². The van der Waals surface area contributed by atoms with Gasteiger partial charge in [-0.1, -0.05) is 19.3 Å². The molecule has 2 aliphatic rings. The number of phenolic OH excluding ortho intramolecular Hbond substituents is 3. The first-order chi connectivity index (χ1) is 14.8. The van der Waals surface area contributed by atoms with Gasteiger partial charge in [0.15, 0.2) is 11.5 Å². The smallest absolute Gasteiger partial charge is 0.309 e. The topological polar surface area (TPSA) is 124 Å². The first kappa shape index (κ1) is 23.2. The zero-order valence-corrected chi connectivity index (χ0v) is 18.1. The Labute approximate surface area is 183 Å². The lowest BCUT2D eigenvalue weighted by molar-refractivity contribution is -0.143. The minimum absolute atomic E-state index is 0.0448. The number of aryl methyl sites for hydroxylation is 1. The molecule has 0 atom stereocenters. The maximum atomic E-state index is 11.2. The Hall–Kier alpha value is -2.44. The quantitative estimate of drug-likeness (QED) is 0.138. The van der Waals surface area contributed by atoms with Crippen LogP contribution in [0.3, 0.4) is 0 Å². The van der Waals surface area contributed by atoms with Gasteiger partial charge >= 0.3 is 5.97 Å². The molecule has 0 amide bonds. The van der Waals surface area contributed by atoms with E-state index in [-0.39, 0.29) is 22.8 Å². The van der Waals surface area contributed by atoms with E-state index in [1.54, 1.807) is 0 Å². The molecule has 7 nitrogen and oxygen atoms in total. The third-order valence-electron chi connectivity index (χ3n) is 7.00. The fourth-order valence-electron chi connectivity index (χ4n) is 4.46. The van der Waals surface area contributed by atoms with Crippen LogP contribution >= 0.6 is 0 Å². The Bertz CT molecular complexity index is 794. The maximum absolute atomic E-state index is 11.2. The molecule has 3 rings (SSSR count). The number of aromatic hydroxyl groups is 3. The van der Waals surface area contributed by atoms with Crippen LogP contribution in [0.25, 0.3) is 0 Å². The number of hydrogen-bond acceptors (Lipinski definition) is 6. The number of rotatable bonds is 15. The van der Waals surface area contributed by atoms with Crippen LogP contribution in [0.5, 0.6) is 17.2 Å². The lowest BCUT2D eigenvalue weighted by atomic mass is 9.95. The Balaban J connectivity index is 1.43. The van der Waals surface area contributed by atoms with Crippen LogP contribution in [0.2, 0.25) is 0 Å². The van der Waals surface area contributed by atoms with Crippen molar-refractivity contribution in [1.29, 1.82) is 0 Å². The van der Waals surface area contributed by atoms with Gasteiger partial charge in [0.05, 0.1) is 5.41 Å². The summed E-state index contributed by atoms with van der Waals surface area (Å²) in [6, 6.07) is 1.43. The van der Waals surface area contributed by atoms with Crippen LogP contribution < -0.4 is 0 Å². The van der Waals surface area contributed by atoms with Gasteiger partial charge in [0.25, 0.3) is 6.47 Å². The molecule has 0 bridgehead atoms. The summed E-state index contributed by atoms with van der Waals surface area (Å²) >= 11 is 0. The molecule has 2 fully saturated rings. The molecular formula is C24H34O7. The van der Waals surface area contributed by atoms with E-state index in [0.29, 0.717) is 36.9 Å². The zero-order valence-electron chi connectivity index (χ0n) is 18.1. The van der Waals surface area contributed by atoms with Crippen LogP contribution in [0.15, 0.2) is 6.07 Å². The molecular weight excluding hydrogens is 400 g/mol. The van der Waals surface area contributed by atoms with Crippen LogP contribution in [-0.4, -0.2) is 38.5 Å². The summed E-state index contributed by atoms with van der Waals surface area (Å²) in [6.07, 6.45) is 11.0. The molecule has 0 saturated heterocycles. The molecule has 4 N–H and O–H groups in total. The monoisotopic (exact) mass is 434 g/mol. The van der Waals surface area contributed by atoms with Crippen molar-refractivity contribution in [3.05, 3.63) is 17.2 Å². The SMILES string of the molecule is O=COC1(CCCCc2c(O)c(O)cc(CCCCCCC3(C(=O)O)CC3)c2O)CC1. The van der Waals surface area contributed by atoms with E-state index in [0.717, 1.165) is 70.6 Å². The van der Waals surface area contributed by atoms with E-state index in [4.69, 9.17) is 4.74 Å². The number of carboxylic acid groups (broad SMARTS) is 1. The molecule has 172 valence electrons. The summed E-state index contributed by atoms with van der Waals surface area (Å²) in [5.41, 5.74) is 0.221. The summed E-state index contributed by atoms with van der Waals surface area (Å²) in [6.45, 7) is 0.502. The summed E-state index contributed by atoms with van der Waals surface area (Å²) in [5.74, 6) is -1.12. The normalized spacial score (nSPS) is 17.8. The lowest BCUT2D eigenvalue weighted by Gasteiger charge is -2.15. The van der Waals surface area contributed by atoms with Crippen molar-refractivity contribution in [1.82, 2.24) is 0 Å². The second kappa shape index (κ2) is 9.79. The third-order valence-corrected chi connectivity index (χ3v) is 7.00. The zero-order chi connectivity index (χ0) is 22.5. The summed E-state index contributed by atoms with van der Waals surface area (Å²) in [7, 11) is 0. The first-order valence-corrected chi connectivity index (χ1v) is 11.4. The Morgan fingerprint density at radius 2 is 1.55 bits per heavy atom. The Morgan fingerprint density at radius 3 is 2.16 bits per heavy atom. The number of carboxylic acids is 1. The van der Waals surface area contributed by atoms with Crippen molar-refractivity contribution in [3.63, 3.8) is 0 Å². The fourth-order valence-corrected chi connectivity index (χ4v) is 4.46. The van der Waals surface area contributed by atoms with Gasteiger partial charge in [0.2, 0.25) is 0 Å². The molecule has 0 heterocycles. The highest BCUT2D eigenvalue weighted by Crippen LogP contribution is 2.50. The number of benzene rings is 1. The van der Waals surface area contributed by atoms with E-state index >= 15 is 0 Å². The maximum Gasteiger partial charge on any atom is 0.309 e. The number of phenols is 3. The predicted molar refractivity (Wildman–Crippen MR) is 114 cm³/mol. The van der Waals surface area contributed by atoms with Gasteiger partial charge in [-0.05, 0) is 82.3 Å². The molecule has 31 heavy (non-hydrogen) atoms. The number of unbranched alkanes of at least 4 members (excludes halogenated alkanes) is 4. The molecule has 0 aliphatic heterocycles. The van der Waals surface area contributed by atoms with Crippen molar-refractivity contribution in [3.8, 4) is 17.2 Å². The second-order valence-corrected chi connectivity index (χ2v) is 9.33. The molecule has 2 aliphatic carbocycles. The van der Waals surface area contributed by atoms with Gasteiger partial charge in [-0.3, -0.25) is 9.59 Å². The first-order valence-electron chi connectivity index (χ1n) is 11.4. The minimum Gasteiger partial charge on any atom is -0.507 e. The predicted octanol–water partition coefficient (Wildman–Crippen LogP) is 4.58. The summed E-state index contributed by atoms with van der Waals surface area (Å²) in [4.78, 5) is 21.8. The van der Waals surface area contributed by atoms with Gasteiger partial charge in [-0.15, -0.1) is 0 Å². The molecule has 0 radical (unpaired) electrons. The van der Waals surface area contributed by atoms with Crippen molar-refractivity contribution in [2.75, 3.05) is 0 Å². The summed E-state index contributed by atoms with van der Waals surface area (Å²) < 4.78 is 5.14. The largest absolute Gasteiger partial charge is 0.507 e. The van der Waals surface area contributed by atoms with Crippen molar-refractivity contribution < 1.29 is 34.8 Å². The van der Waals surface area contributed by atoms with Gasteiger partial charge < -0.3 is 25.2 Å². The molecule has 1 aromatic carbocycles. The van der Waals surface area contributed by atoms with Crippen LogP contribution in [-0.2, 0) is 27.2 Å². The van der Waals surface area contributed by atoms with Gasteiger partial charge in [0.1, 0.15) is 11.4 Å². The number of carbonyl (C=O) groups excluding carboxylic acids is 1. The van der Waals surface area contributed by atoms with E-state index < -0.39 is 11.4 Å². The molecule has 0 unspecified atom stereocenters. The fraction of sp³-hybridized carbons (Fsp3) is 0.667. The average molecular weight is 435 g/mol. The number of carbonyl (C=O) groups is 2. The molecule has 7 heteroatoms. The van der Waals surface area contributed by atoms with E-state index in [9.17, 15) is 30.0 Å². The average Bonchev–Trinajstić information content (AvgIpc) is 3.65. The van der Waals surface area contributed by atoms with Crippen LogP contribution in [0.4, 0.5) is 0 Å². The highest BCUT2D eigenvalue weighted by atomic mass is 16.5. The third kappa shape index (κ3) is 5.83.